The van der Waals surface area contributed by atoms with Crippen molar-refractivity contribution in [3.8, 4) is 17.3 Å². The number of fused-ring (bicyclic) bond motifs is 1. The van der Waals surface area contributed by atoms with Crippen LogP contribution < -0.4 is 10.2 Å². The Kier molecular flexibility index (Phi) is 4.21. The summed E-state index contributed by atoms with van der Waals surface area (Å²) in [5, 5.41) is 9.54. The predicted molar refractivity (Wildman–Crippen MR) is 95.2 cm³/mol. The van der Waals surface area contributed by atoms with Crippen molar-refractivity contribution in [2.45, 2.75) is 6.61 Å². The normalized spacial score (nSPS) is 11.0. The summed E-state index contributed by atoms with van der Waals surface area (Å²) in [6.07, 6.45) is 1.44. The predicted octanol–water partition coefficient (Wildman–Crippen LogP) is 4.58. The molecule has 0 atom stereocenters. The molecular weight excluding hydrogens is 376 g/mol. The monoisotopic (exact) mass is 386 g/mol. The first-order valence-corrected chi connectivity index (χ1v) is 8.16. The van der Waals surface area contributed by atoms with Gasteiger partial charge in [-0.25, -0.2) is 4.79 Å². The van der Waals surface area contributed by atoms with Crippen molar-refractivity contribution in [3.63, 3.8) is 0 Å². The third-order valence-electron chi connectivity index (χ3n) is 3.79. The Morgan fingerprint density at radius 1 is 1.15 bits per heavy atom. The van der Waals surface area contributed by atoms with Crippen LogP contribution in [0, 0.1) is 0 Å². The molecule has 0 fully saturated rings. The molecular formula is C19H11ClO7. The summed E-state index contributed by atoms with van der Waals surface area (Å²) in [5.74, 6) is -0.847. The van der Waals surface area contributed by atoms with E-state index in [9.17, 15) is 9.59 Å². The number of carboxylic acid groups (broad SMARTS) is 1. The quantitative estimate of drug-likeness (QED) is 0.535. The molecule has 1 aromatic carbocycles. The van der Waals surface area contributed by atoms with E-state index >= 15 is 0 Å². The number of rotatable bonds is 5. The van der Waals surface area contributed by atoms with Crippen LogP contribution in [0.1, 0.15) is 16.3 Å². The van der Waals surface area contributed by atoms with E-state index in [2.05, 4.69) is 0 Å². The molecule has 0 aliphatic heterocycles. The molecule has 0 spiro atoms. The molecule has 7 nitrogen and oxygen atoms in total. The van der Waals surface area contributed by atoms with Crippen molar-refractivity contribution >= 4 is 28.5 Å². The SMILES string of the molecule is O=C(O)c1ccc(COc2c(-c3ccco3)oc3ccc(Cl)cc3c2=O)o1. The van der Waals surface area contributed by atoms with E-state index in [1.54, 1.807) is 24.3 Å². The number of benzene rings is 1. The van der Waals surface area contributed by atoms with Crippen LogP contribution in [-0.2, 0) is 6.61 Å². The molecule has 3 aromatic heterocycles. The van der Waals surface area contributed by atoms with Gasteiger partial charge in [0.2, 0.25) is 22.7 Å². The molecule has 0 bridgehead atoms. The van der Waals surface area contributed by atoms with Gasteiger partial charge in [-0.2, -0.15) is 0 Å². The van der Waals surface area contributed by atoms with Crippen LogP contribution in [0.3, 0.4) is 0 Å². The third-order valence-corrected chi connectivity index (χ3v) is 4.02. The van der Waals surface area contributed by atoms with Gasteiger partial charge in [0.25, 0.3) is 0 Å². The molecule has 1 N–H and O–H groups in total. The van der Waals surface area contributed by atoms with Crippen molar-refractivity contribution in [2.75, 3.05) is 0 Å². The molecule has 0 saturated heterocycles. The van der Waals surface area contributed by atoms with Crippen LogP contribution in [0.2, 0.25) is 5.02 Å². The summed E-state index contributed by atoms with van der Waals surface area (Å²) in [4.78, 5) is 23.8. The summed E-state index contributed by atoms with van der Waals surface area (Å²) >= 11 is 5.98. The Balaban J connectivity index is 1.79. The van der Waals surface area contributed by atoms with E-state index in [1.807, 2.05) is 0 Å². The van der Waals surface area contributed by atoms with Crippen LogP contribution in [0.15, 0.2) is 66.8 Å². The average Bonchev–Trinajstić information content (AvgIpc) is 3.33. The van der Waals surface area contributed by atoms with Gasteiger partial charge in [-0.3, -0.25) is 4.79 Å². The van der Waals surface area contributed by atoms with Crippen molar-refractivity contribution in [3.05, 3.63) is 75.5 Å². The van der Waals surface area contributed by atoms with Crippen molar-refractivity contribution < 1.29 is 27.9 Å². The first kappa shape index (κ1) is 17.0. The molecule has 4 aromatic rings. The highest BCUT2D eigenvalue weighted by molar-refractivity contribution is 6.31. The molecule has 8 heteroatoms. The second-order valence-electron chi connectivity index (χ2n) is 5.57. The summed E-state index contributed by atoms with van der Waals surface area (Å²) in [6, 6.07) is 10.7. The molecule has 0 saturated carbocycles. The Labute approximate surface area is 156 Å². The minimum absolute atomic E-state index is 0.0898. The van der Waals surface area contributed by atoms with Gasteiger partial charge in [0.15, 0.2) is 5.76 Å². The smallest absolute Gasteiger partial charge is 0.371 e. The van der Waals surface area contributed by atoms with Gasteiger partial charge < -0.3 is 23.1 Å². The van der Waals surface area contributed by atoms with Crippen molar-refractivity contribution in [2.24, 2.45) is 0 Å². The molecule has 0 aliphatic rings. The fourth-order valence-corrected chi connectivity index (χ4v) is 2.74. The second-order valence-corrected chi connectivity index (χ2v) is 6.00. The number of furan rings is 2. The largest absolute Gasteiger partial charge is 0.478 e. The first-order chi connectivity index (χ1) is 13.0. The lowest BCUT2D eigenvalue weighted by Gasteiger charge is -2.09. The minimum atomic E-state index is -1.20. The number of aromatic carboxylic acids is 1. The van der Waals surface area contributed by atoms with E-state index < -0.39 is 11.4 Å². The molecule has 3 heterocycles. The maximum Gasteiger partial charge on any atom is 0.371 e. The lowest BCUT2D eigenvalue weighted by molar-refractivity contribution is 0.0658. The summed E-state index contributed by atoms with van der Waals surface area (Å²) in [5.41, 5.74) is -0.107. The zero-order valence-electron chi connectivity index (χ0n) is 13.6. The third kappa shape index (κ3) is 3.20. The number of hydrogen-bond acceptors (Lipinski definition) is 6. The highest BCUT2D eigenvalue weighted by Gasteiger charge is 2.20. The van der Waals surface area contributed by atoms with Gasteiger partial charge in [0.05, 0.1) is 11.6 Å². The van der Waals surface area contributed by atoms with E-state index in [0.717, 1.165) is 0 Å². The highest BCUT2D eigenvalue weighted by atomic mass is 35.5. The second kappa shape index (κ2) is 6.69. The molecule has 0 aliphatic carbocycles. The fourth-order valence-electron chi connectivity index (χ4n) is 2.57. The lowest BCUT2D eigenvalue weighted by atomic mass is 10.2. The van der Waals surface area contributed by atoms with Crippen LogP contribution in [0.5, 0.6) is 5.75 Å². The van der Waals surface area contributed by atoms with Gasteiger partial charge in [-0.15, -0.1) is 0 Å². The lowest BCUT2D eigenvalue weighted by Crippen LogP contribution is -2.10. The van der Waals surface area contributed by atoms with E-state index in [4.69, 9.17) is 34.7 Å². The Bertz CT molecular complexity index is 1180. The molecule has 0 amide bonds. The first-order valence-electron chi connectivity index (χ1n) is 7.78. The van der Waals surface area contributed by atoms with E-state index in [1.165, 1.54) is 24.5 Å². The van der Waals surface area contributed by atoms with Gasteiger partial charge in [-0.1, -0.05) is 11.6 Å². The number of carboxylic acids is 1. The Hall–Kier alpha value is -3.45. The molecule has 0 unspecified atom stereocenters. The maximum atomic E-state index is 12.9. The Morgan fingerprint density at radius 3 is 2.70 bits per heavy atom. The van der Waals surface area contributed by atoms with Gasteiger partial charge in [0.1, 0.15) is 18.0 Å². The van der Waals surface area contributed by atoms with E-state index in [0.29, 0.717) is 16.4 Å². The number of carbonyl (C=O) groups is 1. The van der Waals surface area contributed by atoms with E-state index in [-0.39, 0.29) is 35.0 Å². The van der Waals surface area contributed by atoms with Crippen LogP contribution in [0.4, 0.5) is 0 Å². The van der Waals surface area contributed by atoms with Gasteiger partial charge in [0, 0.05) is 5.02 Å². The molecule has 0 radical (unpaired) electrons. The number of ether oxygens (including phenoxy) is 1. The summed E-state index contributed by atoms with van der Waals surface area (Å²) in [6.45, 7) is -0.169. The summed E-state index contributed by atoms with van der Waals surface area (Å²) < 4.78 is 21.9. The zero-order chi connectivity index (χ0) is 19.0. The van der Waals surface area contributed by atoms with Crippen LogP contribution in [-0.4, -0.2) is 11.1 Å². The van der Waals surface area contributed by atoms with Crippen molar-refractivity contribution in [1.29, 1.82) is 0 Å². The fraction of sp³-hybridized carbons (Fsp3) is 0.0526. The molecule has 136 valence electrons. The van der Waals surface area contributed by atoms with Crippen LogP contribution >= 0.6 is 11.6 Å². The Morgan fingerprint density at radius 2 is 2.00 bits per heavy atom. The topological polar surface area (TPSA) is 103 Å². The average molecular weight is 387 g/mol. The minimum Gasteiger partial charge on any atom is -0.478 e. The number of hydrogen-bond donors (Lipinski definition) is 1. The van der Waals surface area contributed by atoms with Gasteiger partial charge in [-0.05, 0) is 42.5 Å². The molecule has 27 heavy (non-hydrogen) atoms. The maximum absolute atomic E-state index is 12.9. The van der Waals surface area contributed by atoms with Gasteiger partial charge >= 0.3 is 5.97 Å². The number of halogens is 1. The van der Waals surface area contributed by atoms with Crippen molar-refractivity contribution in [1.82, 2.24) is 0 Å². The summed E-state index contributed by atoms with van der Waals surface area (Å²) in [7, 11) is 0. The zero-order valence-corrected chi connectivity index (χ0v) is 14.4. The molecule has 4 rings (SSSR count). The highest BCUT2D eigenvalue weighted by Crippen LogP contribution is 2.32. The standard InChI is InChI=1S/C19H11ClO7/c20-10-3-5-13-12(8-10)16(21)18(17(27-13)14-2-1-7-24-14)25-9-11-4-6-15(26-11)19(22)23/h1-8H,9H2,(H,22,23). The van der Waals surface area contributed by atoms with Crippen LogP contribution in [0.25, 0.3) is 22.5 Å².